The molecule has 0 atom stereocenters. The molecule has 2 aromatic rings. The summed E-state index contributed by atoms with van der Waals surface area (Å²) in [5, 5.41) is 6.90. The van der Waals surface area contributed by atoms with Gasteiger partial charge < -0.3 is 10.6 Å². The molecular formula is C13H18N6. The molecule has 3 rings (SSSR count). The summed E-state index contributed by atoms with van der Waals surface area (Å²) in [4.78, 5) is 10.8. The SMILES string of the molecule is CN(Cc1ccn[nH]1)c1cc(C2CC(N)C2)ncn1. The number of anilines is 1. The molecule has 0 aliphatic heterocycles. The van der Waals surface area contributed by atoms with Gasteiger partial charge in [0.15, 0.2) is 0 Å². The molecule has 1 aliphatic carbocycles. The molecule has 6 heteroatoms. The summed E-state index contributed by atoms with van der Waals surface area (Å²) in [6, 6.07) is 4.36. The Morgan fingerprint density at radius 3 is 2.95 bits per heavy atom. The summed E-state index contributed by atoms with van der Waals surface area (Å²) < 4.78 is 0. The second kappa shape index (κ2) is 4.97. The van der Waals surface area contributed by atoms with E-state index in [-0.39, 0.29) is 0 Å². The van der Waals surface area contributed by atoms with Gasteiger partial charge >= 0.3 is 0 Å². The van der Waals surface area contributed by atoms with E-state index in [1.54, 1.807) is 12.5 Å². The summed E-state index contributed by atoms with van der Waals surface area (Å²) in [5.74, 6) is 1.43. The zero-order chi connectivity index (χ0) is 13.2. The van der Waals surface area contributed by atoms with Gasteiger partial charge in [0, 0.05) is 37.0 Å². The van der Waals surface area contributed by atoms with Crippen molar-refractivity contribution in [3.05, 3.63) is 36.0 Å². The van der Waals surface area contributed by atoms with Crippen molar-refractivity contribution in [2.45, 2.75) is 31.3 Å². The standard InChI is InChI=1S/C13H18N6/c1-19(7-11-2-3-17-18-11)13-6-12(15-8-16-13)9-4-10(14)5-9/h2-3,6,8-10H,4-5,7,14H2,1H3,(H,17,18). The van der Waals surface area contributed by atoms with Crippen LogP contribution in [0.25, 0.3) is 0 Å². The molecule has 6 nitrogen and oxygen atoms in total. The molecule has 0 spiro atoms. The fourth-order valence-electron chi connectivity index (χ4n) is 2.41. The van der Waals surface area contributed by atoms with Gasteiger partial charge in [0.25, 0.3) is 0 Å². The van der Waals surface area contributed by atoms with E-state index in [4.69, 9.17) is 5.73 Å². The Kier molecular flexibility index (Phi) is 3.16. The molecule has 3 N–H and O–H groups in total. The number of nitrogens with zero attached hydrogens (tertiary/aromatic N) is 4. The quantitative estimate of drug-likeness (QED) is 0.856. The number of H-pyrrole nitrogens is 1. The van der Waals surface area contributed by atoms with Gasteiger partial charge in [-0.05, 0) is 18.9 Å². The van der Waals surface area contributed by atoms with E-state index in [1.165, 1.54) is 0 Å². The van der Waals surface area contributed by atoms with Crippen molar-refractivity contribution in [3.63, 3.8) is 0 Å². The smallest absolute Gasteiger partial charge is 0.132 e. The first-order chi connectivity index (χ1) is 9.22. The first-order valence-corrected chi connectivity index (χ1v) is 6.49. The molecule has 0 aromatic carbocycles. The van der Waals surface area contributed by atoms with Crippen LogP contribution >= 0.6 is 0 Å². The lowest BCUT2D eigenvalue weighted by Gasteiger charge is -2.32. The van der Waals surface area contributed by atoms with Crippen molar-refractivity contribution in [1.82, 2.24) is 20.2 Å². The molecule has 1 aliphatic rings. The van der Waals surface area contributed by atoms with E-state index in [9.17, 15) is 0 Å². The summed E-state index contributed by atoms with van der Waals surface area (Å²) >= 11 is 0. The highest BCUT2D eigenvalue weighted by Crippen LogP contribution is 2.35. The number of nitrogens with two attached hydrogens (primary N) is 1. The van der Waals surface area contributed by atoms with E-state index in [0.717, 1.165) is 36.6 Å². The maximum atomic E-state index is 5.83. The van der Waals surface area contributed by atoms with Crippen molar-refractivity contribution >= 4 is 5.82 Å². The van der Waals surface area contributed by atoms with Crippen LogP contribution in [0, 0.1) is 0 Å². The lowest BCUT2D eigenvalue weighted by molar-refractivity contribution is 0.345. The van der Waals surface area contributed by atoms with Gasteiger partial charge in [0.2, 0.25) is 0 Å². The van der Waals surface area contributed by atoms with Gasteiger partial charge in [-0.1, -0.05) is 0 Å². The van der Waals surface area contributed by atoms with Crippen molar-refractivity contribution < 1.29 is 0 Å². The Morgan fingerprint density at radius 2 is 2.26 bits per heavy atom. The third-order valence-electron chi connectivity index (χ3n) is 3.62. The van der Waals surface area contributed by atoms with Gasteiger partial charge in [0.05, 0.1) is 12.2 Å². The topological polar surface area (TPSA) is 83.7 Å². The second-order valence-electron chi connectivity index (χ2n) is 5.17. The van der Waals surface area contributed by atoms with Crippen LogP contribution in [0.1, 0.15) is 30.1 Å². The van der Waals surface area contributed by atoms with Gasteiger partial charge in [-0.3, -0.25) is 5.10 Å². The normalized spacial score (nSPS) is 22.0. The average Bonchev–Trinajstić information content (AvgIpc) is 2.88. The molecule has 19 heavy (non-hydrogen) atoms. The molecule has 0 radical (unpaired) electrons. The Hall–Kier alpha value is -1.95. The Morgan fingerprint density at radius 1 is 1.42 bits per heavy atom. The molecule has 0 bridgehead atoms. The van der Waals surface area contributed by atoms with Crippen LogP contribution < -0.4 is 10.6 Å². The molecule has 1 fully saturated rings. The number of aromatic amines is 1. The van der Waals surface area contributed by atoms with Gasteiger partial charge in [-0.25, -0.2) is 9.97 Å². The molecule has 0 amide bonds. The van der Waals surface area contributed by atoms with Gasteiger partial charge in [-0.15, -0.1) is 0 Å². The summed E-state index contributed by atoms with van der Waals surface area (Å²) in [7, 11) is 2.01. The molecule has 2 heterocycles. The third-order valence-corrected chi connectivity index (χ3v) is 3.62. The highest BCUT2D eigenvalue weighted by Gasteiger charge is 2.28. The zero-order valence-electron chi connectivity index (χ0n) is 11.0. The van der Waals surface area contributed by atoms with Crippen LogP contribution in [0.5, 0.6) is 0 Å². The summed E-state index contributed by atoms with van der Waals surface area (Å²) in [6.45, 7) is 0.751. The Bertz CT molecular complexity index is 532. The molecule has 0 unspecified atom stereocenters. The zero-order valence-corrected chi connectivity index (χ0v) is 11.0. The minimum atomic E-state index is 0.339. The highest BCUT2D eigenvalue weighted by atomic mass is 15.2. The van der Waals surface area contributed by atoms with E-state index < -0.39 is 0 Å². The fraction of sp³-hybridized carbons (Fsp3) is 0.462. The predicted octanol–water partition coefficient (Wildman–Crippen LogP) is 1.04. The number of aromatic nitrogens is 4. The monoisotopic (exact) mass is 258 g/mol. The Balaban J connectivity index is 1.71. The molecule has 0 saturated heterocycles. The number of hydrogen-bond donors (Lipinski definition) is 2. The van der Waals surface area contributed by atoms with Crippen molar-refractivity contribution in [1.29, 1.82) is 0 Å². The van der Waals surface area contributed by atoms with Crippen molar-refractivity contribution in [2.75, 3.05) is 11.9 Å². The van der Waals surface area contributed by atoms with Crippen LogP contribution in [0.4, 0.5) is 5.82 Å². The molecule has 1 saturated carbocycles. The van der Waals surface area contributed by atoms with Crippen LogP contribution in [0.3, 0.4) is 0 Å². The fourth-order valence-corrected chi connectivity index (χ4v) is 2.41. The average molecular weight is 258 g/mol. The largest absolute Gasteiger partial charge is 0.354 e. The van der Waals surface area contributed by atoms with Crippen molar-refractivity contribution in [3.8, 4) is 0 Å². The molecular weight excluding hydrogens is 240 g/mol. The lowest BCUT2D eigenvalue weighted by atomic mass is 9.78. The number of nitrogens with one attached hydrogen (secondary N) is 1. The van der Waals surface area contributed by atoms with Crippen LogP contribution in [-0.2, 0) is 6.54 Å². The molecule has 2 aromatic heterocycles. The van der Waals surface area contributed by atoms with Gasteiger partial charge in [0.1, 0.15) is 12.1 Å². The maximum Gasteiger partial charge on any atom is 0.132 e. The van der Waals surface area contributed by atoms with Crippen LogP contribution in [0.2, 0.25) is 0 Å². The van der Waals surface area contributed by atoms with Crippen molar-refractivity contribution in [2.24, 2.45) is 5.73 Å². The molecule has 100 valence electrons. The second-order valence-corrected chi connectivity index (χ2v) is 5.17. The van der Waals surface area contributed by atoms with Crippen LogP contribution in [-0.4, -0.2) is 33.3 Å². The van der Waals surface area contributed by atoms with Crippen LogP contribution in [0.15, 0.2) is 24.7 Å². The predicted molar refractivity (Wildman–Crippen MR) is 72.7 cm³/mol. The lowest BCUT2D eigenvalue weighted by Crippen LogP contribution is -2.35. The van der Waals surface area contributed by atoms with E-state index >= 15 is 0 Å². The van der Waals surface area contributed by atoms with E-state index in [0.29, 0.717) is 12.0 Å². The Labute approximate surface area is 112 Å². The van der Waals surface area contributed by atoms with Gasteiger partial charge in [-0.2, -0.15) is 5.10 Å². The first-order valence-electron chi connectivity index (χ1n) is 6.49. The highest BCUT2D eigenvalue weighted by molar-refractivity contribution is 5.39. The number of rotatable bonds is 4. The van der Waals surface area contributed by atoms with E-state index in [1.807, 2.05) is 13.1 Å². The maximum absolute atomic E-state index is 5.83. The minimum absolute atomic E-state index is 0.339. The first kappa shape index (κ1) is 12.1. The minimum Gasteiger partial charge on any atom is -0.354 e. The van der Waals surface area contributed by atoms with E-state index in [2.05, 4.69) is 31.1 Å². The third kappa shape index (κ3) is 2.58. The summed E-state index contributed by atoms with van der Waals surface area (Å²) in [5.41, 5.74) is 7.99. The summed E-state index contributed by atoms with van der Waals surface area (Å²) in [6.07, 6.45) is 5.45. The number of hydrogen-bond acceptors (Lipinski definition) is 5.